The summed E-state index contributed by atoms with van der Waals surface area (Å²) in [4.78, 5) is 11.4. The summed E-state index contributed by atoms with van der Waals surface area (Å²) in [7, 11) is 0. The molecule has 0 aromatic carbocycles. The van der Waals surface area contributed by atoms with Crippen molar-refractivity contribution in [2.45, 2.75) is 32.4 Å². The van der Waals surface area contributed by atoms with E-state index in [0.29, 0.717) is 12.6 Å². The summed E-state index contributed by atoms with van der Waals surface area (Å²) in [5, 5.41) is 5.88. The van der Waals surface area contributed by atoms with Crippen molar-refractivity contribution in [3.05, 3.63) is 0 Å². The molecule has 2 unspecified atom stereocenters. The number of carbonyl (C=O) groups is 1. The maximum Gasteiger partial charge on any atom is 0.237 e. The Morgan fingerprint density at radius 3 is 2.73 bits per heavy atom. The van der Waals surface area contributed by atoms with E-state index in [1.165, 1.54) is 0 Å². The minimum absolute atomic E-state index is 0.0380. The third-order valence-corrected chi connectivity index (χ3v) is 2.69. The Morgan fingerprint density at radius 1 is 1.53 bits per heavy atom. The number of carbonyl (C=O) groups excluding carboxylic acids is 1. The zero-order chi connectivity index (χ0) is 11.7. The van der Waals surface area contributed by atoms with Crippen LogP contribution in [0.5, 0.6) is 0 Å². The van der Waals surface area contributed by atoms with E-state index in [-0.39, 0.29) is 11.9 Å². The zero-order valence-corrected chi connectivity index (χ0v) is 10.5. The lowest BCUT2D eigenvalue weighted by atomic mass is 10.2. The van der Waals surface area contributed by atoms with Gasteiger partial charge in [0.1, 0.15) is 0 Å². The number of terminal acetylenes is 1. The maximum absolute atomic E-state index is 11.4. The van der Waals surface area contributed by atoms with Gasteiger partial charge in [-0.25, -0.2) is 0 Å². The molecule has 3 nitrogen and oxygen atoms in total. The average molecular weight is 228 g/mol. The van der Waals surface area contributed by atoms with Crippen LogP contribution < -0.4 is 10.6 Å². The highest BCUT2D eigenvalue weighted by Crippen LogP contribution is 2.00. The first-order valence-electron chi connectivity index (χ1n) is 5.08. The minimum atomic E-state index is -0.185. The molecule has 0 aromatic rings. The average Bonchev–Trinajstić information content (AvgIpc) is 2.22. The monoisotopic (exact) mass is 228 g/mol. The highest BCUT2D eigenvalue weighted by Gasteiger charge is 2.13. The second-order valence-electron chi connectivity index (χ2n) is 3.49. The van der Waals surface area contributed by atoms with Crippen LogP contribution in [0.4, 0.5) is 0 Å². The van der Waals surface area contributed by atoms with Gasteiger partial charge in [0.2, 0.25) is 5.91 Å². The number of nitrogens with one attached hydrogen (secondary N) is 2. The van der Waals surface area contributed by atoms with Gasteiger partial charge in [-0.2, -0.15) is 11.8 Å². The molecule has 0 bridgehead atoms. The Labute approximate surface area is 96.8 Å². The van der Waals surface area contributed by atoms with E-state index < -0.39 is 0 Å². The first-order valence-corrected chi connectivity index (χ1v) is 6.47. The molecule has 0 aliphatic rings. The smallest absolute Gasteiger partial charge is 0.237 e. The van der Waals surface area contributed by atoms with Gasteiger partial charge in [-0.3, -0.25) is 4.79 Å². The Bertz CT molecular complexity index is 225. The van der Waals surface area contributed by atoms with Gasteiger partial charge >= 0.3 is 0 Å². The van der Waals surface area contributed by atoms with Crippen LogP contribution in [-0.4, -0.2) is 36.5 Å². The second kappa shape index (κ2) is 8.63. The van der Waals surface area contributed by atoms with Crippen molar-refractivity contribution in [3.8, 4) is 12.3 Å². The SMILES string of the molecule is C#CCNC(=O)C(C)NC(C)CCSC. The molecular weight excluding hydrogens is 208 g/mol. The molecule has 0 aromatic heterocycles. The van der Waals surface area contributed by atoms with Crippen molar-refractivity contribution >= 4 is 17.7 Å². The van der Waals surface area contributed by atoms with E-state index in [2.05, 4.69) is 29.7 Å². The quantitative estimate of drug-likeness (QED) is 0.635. The lowest BCUT2D eigenvalue weighted by molar-refractivity contribution is -0.122. The first kappa shape index (κ1) is 14.3. The Balaban J connectivity index is 3.75. The summed E-state index contributed by atoms with van der Waals surface area (Å²) in [6, 6.07) is 0.166. The van der Waals surface area contributed by atoms with Gasteiger partial charge in [0.15, 0.2) is 0 Å². The molecule has 1 amide bonds. The molecule has 0 saturated heterocycles. The number of amides is 1. The molecule has 0 rings (SSSR count). The van der Waals surface area contributed by atoms with Gasteiger partial charge in [-0.1, -0.05) is 5.92 Å². The summed E-state index contributed by atoms with van der Waals surface area (Å²) in [5.74, 6) is 3.44. The normalized spacial score (nSPS) is 14.0. The molecule has 0 spiro atoms. The molecule has 0 aliphatic heterocycles. The lowest BCUT2D eigenvalue weighted by Gasteiger charge is -2.18. The fourth-order valence-electron chi connectivity index (χ4n) is 1.17. The third kappa shape index (κ3) is 7.29. The predicted molar refractivity (Wildman–Crippen MR) is 66.9 cm³/mol. The number of thioether (sulfide) groups is 1. The summed E-state index contributed by atoms with van der Waals surface area (Å²) in [6.45, 7) is 4.23. The number of hydrogen-bond donors (Lipinski definition) is 2. The predicted octanol–water partition coefficient (Wildman–Crippen LogP) is 0.855. The Hall–Kier alpha value is -0.660. The van der Waals surface area contributed by atoms with Gasteiger partial charge in [0.05, 0.1) is 12.6 Å². The molecule has 2 N–H and O–H groups in total. The summed E-state index contributed by atoms with van der Waals surface area (Å²) in [6.07, 6.45) is 8.20. The van der Waals surface area contributed by atoms with E-state index in [0.717, 1.165) is 12.2 Å². The lowest BCUT2D eigenvalue weighted by Crippen LogP contribution is -2.45. The van der Waals surface area contributed by atoms with Crippen molar-refractivity contribution in [3.63, 3.8) is 0 Å². The Kier molecular flexibility index (Phi) is 8.25. The molecule has 0 fully saturated rings. The van der Waals surface area contributed by atoms with Crippen LogP contribution in [-0.2, 0) is 4.79 Å². The third-order valence-electron chi connectivity index (χ3n) is 2.05. The van der Waals surface area contributed by atoms with Crippen LogP contribution in [0.2, 0.25) is 0 Å². The van der Waals surface area contributed by atoms with Gasteiger partial charge in [-0.15, -0.1) is 6.42 Å². The topological polar surface area (TPSA) is 41.1 Å². The molecule has 0 radical (unpaired) electrons. The second-order valence-corrected chi connectivity index (χ2v) is 4.48. The largest absolute Gasteiger partial charge is 0.344 e. The van der Waals surface area contributed by atoms with Gasteiger partial charge in [0.25, 0.3) is 0 Å². The minimum Gasteiger partial charge on any atom is -0.344 e. The molecule has 0 heterocycles. The van der Waals surface area contributed by atoms with Crippen molar-refractivity contribution in [1.82, 2.24) is 10.6 Å². The molecular formula is C11H20N2OS. The standard InChI is InChI=1S/C11H20N2OS/c1-5-7-12-11(14)10(3)13-9(2)6-8-15-4/h1,9-10,13H,6-8H2,2-4H3,(H,12,14). The maximum atomic E-state index is 11.4. The fraction of sp³-hybridized carbons (Fsp3) is 0.727. The van der Waals surface area contributed by atoms with Gasteiger partial charge < -0.3 is 10.6 Å². The van der Waals surface area contributed by atoms with Crippen molar-refractivity contribution in [2.24, 2.45) is 0 Å². The summed E-state index contributed by atoms with van der Waals surface area (Å²) >= 11 is 1.81. The molecule has 0 aliphatic carbocycles. The summed E-state index contributed by atoms with van der Waals surface area (Å²) in [5.41, 5.74) is 0. The van der Waals surface area contributed by atoms with Crippen LogP contribution in [0.3, 0.4) is 0 Å². The molecule has 4 heteroatoms. The van der Waals surface area contributed by atoms with Crippen molar-refractivity contribution < 1.29 is 4.79 Å². The van der Waals surface area contributed by atoms with Crippen LogP contribution in [0.1, 0.15) is 20.3 Å². The Morgan fingerprint density at radius 2 is 2.20 bits per heavy atom. The molecule has 0 saturated carbocycles. The zero-order valence-electron chi connectivity index (χ0n) is 9.67. The van der Waals surface area contributed by atoms with E-state index in [9.17, 15) is 4.79 Å². The van der Waals surface area contributed by atoms with Crippen LogP contribution in [0.15, 0.2) is 0 Å². The van der Waals surface area contributed by atoms with E-state index in [1.54, 1.807) is 0 Å². The highest BCUT2D eigenvalue weighted by atomic mass is 32.2. The van der Waals surface area contributed by atoms with Crippen LogP contribution in [0.25, 0.3) is 0 Å². The first-order chi connectivity index (χ1) is 7.11. The van der Waals surface area contributed by atoms with Gasteiger partial charge in [-0.05, 0) is 32.3 Å². The fourth-order valence-corrected chi connectivity index (χ4v) is 1.76. The molecule has 15 heavy (non-hydrogen) atoms. The van der Waals surface area contributed by atoms with E-state index in [1.807, 2.05) is 18.7 Å². The summed E-state index contributed by atoms with van der Waals surface area (Å²) < 4.78 is 0. The highest BCUT2D eigenvalue weighted by molar-refractivity contribution is 7.98. The van der Waals surface area contributed by atoms with Gasteiger partial charge in [0, 0.05) is 6.04 Å². The van der Waals surface area contributed by atoms with Crippen LogP contribution >= 0.6 is 11.8 Å². The molecule has 2 atom stereocenters. The van der Waals surface area contributed by atoms with Crippen molar-refractivity contribution in [2.75, 3.05) is 18.6 Å². The van der Waals surface area contributed by atoms with Crippen LogP contribution in [0, 0.1) is 12.3 Å². The van der Waals surface area contributed by atoms with E-state index in [4.69, 9.17) is 6.42 Å². The molecule has 86 valence electrons. The van der Waals surface area contributed by atoms with Crippen molar-refractivity contribution in [1.29, 1.82) is 0 Å². The van der Waals surface area contributed by atoms with E-state index >= 15 is 0 Å². The number of rotatable bonds is 7. The number of hydrogen-bond acceptors (Lipinski definition) is 3.